The predicted molar refractivity (Wildman–Crippen MR) is 71.4 cm³/mol. The molecule has 1 aliphatic rings. The number of hydrogen-bond acceptors (Lipinski definition) is 7. The van der Waals surface area contributed by atoms with Crippen molar-refractivity contribution >= 4 is 17.1 Å². The Labute approximate surface area is 119 Å². The van der Waals surface area contributed by atoms with Crippen molar-refractivity contribution in [3.63, 3.8) is 0 Å². The Bertz CT molecular complexity index is 674. The number of methoxy groups -OCH3 is 1. The number of aromatic nitrogens is 4. The van der Waals surface area contributed by atoms with Crippen molar-refractivity contribution < 1.29 is 19.0 Å². The summed E-state index contributed by atoms with van der Waals surface area (Å²) in [4.78, 5) is 12.1. The van der Waals surface area contributed by atoms with Crippen molar-refractivity contribution in [2.75, 3.05) is 19.5 Å². The quantitative estimate of drug-likeness (QED) is 0.845. The monoisotopic (exact) mass is 297 g/mol. The summed E-state index contributed by atoms with van der Waals surface area (Å²) in [6, 6.07) is 0. The molecule has 0 aliphatic carbocycles. The lowest BCUT2D eigenvalue weighted by Crippen LogP contribution is -2.27. The summed E-state index contributed by atoms with van der Waals surface area (Å²) in [5, 5.41) is 9.17. The zero-order chi connectivity index (χ0) is 15.2. The number of fused-ring (bicyclic) bond motifs is 1. The van der Waals surface area contributed by atoms with Crippen molar-refractivity contribution in [3.05, 3.63) is 6.33 Å². The Hall–Kier alpha value is -2.00. The molecular formula is C12H16FN5O3. The molecule has 0 spiro atoms. The molecular weight excluding hydrogens is 281 g/mol. The van der Waals surface area contributed by atoms with Gasteiger partial charge in [-0.05, 0) is 6.92 Å². The molecule has 2 aromatic rings. The zero-order valence-electron chi connectivity index (χ0n) is 11.7. The molecule has 2 aromatic heterocycles. The number of halogens is 1. The summed E-state index contributed by atoms with van der Waals surface area (Å²) in [5.41, 5.74) is 4.67. The number of ether oxygens (including phenoxy) is 2. The van der Waals surface area contributed by atoms with Crippen LogP contribution in [-0.2, 0) is 4.74 Å². The topological polar surface area (TPSA) is 108 Å². The molecule has 0 saturated carbocycles. The SMILES string of the molecule is COc1nc(N)nc2c1ncn2C1OC(CO)CC1(C)F. The first-order chi connectivity index (χ1) is 9.96. The van der Waals surface area contributed by atoms with Gasteiger partial charge in [0.1, 0.15) is 0 Å². The minimum absolute atomic E-state index is 0.00151. The third-order valence-electron chi connectivity index (χ3n) is 3.52. The molecule has 8 nitrogen and oxygen atoms in total. The standard InChI is InChI=1S/C12H16FN5O3/c1-12(13)3-6(4-19)21-10(12)18-5-15-7-8(18)16-11(14)17-9(7)20-2/h5-6,10,19H,3-4H2,1-2H3,(H2,14,16,17). The molecule has 3 heterocycles. The van der Waals surface area contributed by atoms with Crippen LogP contribution in [0.3, 0.4) is 0 Å². The maximum atomic E-state index is 14.7. The van der Waals surface area contributed by atoms with Gasteiger partial charge in [-0.1, -0.05) is 0 Å². The van der Waals surface area contributed by atoms with Gasteiger partial charge >= 0.3 is 0 Å². The van der Waals surface area contributed by atoms with E-state index < -0.39 is 18.0 Å². The van der Waals surface area contributed by atoms with Crippen LogP contribution in [-0.4, -0.2) is 50.1 Å². The van der Waals surface area contributed by atoms with Crippen LogP contribution in [0.1, 0.15) is 19.6 Å². The highest BCUT2D eigenvalue weighted by atomic mass is 19.1. The fourth-order valence-electron chi connectivity index (χ4n) is 2.60. The summed E-state index contributed by atoms with van der Waals surface area (Å²) in [6.45, 7) is 1.17. The number of rotatable bonds is 3. The van der Waals surface area contributed by atoms with E-state index in [2.05, 4.69) is 15.0 Å². The molecule has 1 saturated heterocycles. The molecule has 3 atom stereocenters. The molecule has 3 rings (SSSR count). The van der Waals surface area contributed by atoms with E-state index in [-0.39, 0.29) is 24.9 Å². The number of imidazole rings is 1. The van der Waals surface area contributed by atoms with E-state index >= 15 is 0 Å². The maximum Gasteiger partial charge on any atom is 0.246 e. The largest absolute Gasteiger partial charge is 0.479 e. The van der Waals surface area contributed by atoms with E-state index in [9.17, 15) is 9.50 Å². The van der Waals surface area contributed by atoms with E-state index in [4.69, 9.17) is 15.2 Å². The second-order valence-electron chi connectivity index (χ2n) is 5.19. The zero-order valence-corrected chi connectivity index (χ0v) is 11.7. The molecule has 21 heavy (non-hydrogen) atoms. The van der Waals surface area contributed by atoms with E-state index in [0.717, 1.165) is 0 Å². The van der Waals surface area contributed by atoms with Gasteiger partial charge in [0.2, 0.25) is 11.8 Å². The first kappa shape index (κ1) is 14.0. The minimum atomic E-state index is -1.66. The summed E-state index contributed by atoms with van der Waals surface area (Å²) in [6.07, 6.45) is -0.0167. The third kappa shape index (κ3) is 2.18. The van der Waals surface area contributed by atoms with Crippen molar-refractivity contribution in [3.8, 4) is 5.88 Å². The van der Waals surface area contributed by atoms with Gasteiger partial charge in [-0.3, -0.25) is 4.57 Å². The predicted octanol–water partition coefficient (Wildman–Crippen LogP) is 0.425. The van der Waals surface area contributed by atoms with Crippen LogP contribution >= 0.6 is 0 Å². The Kier molecular flexibility index (Phi) is 3.18. The first-order valence-corrected chi connectivity index (χ1v) is 6.45. The molecule has 0 radical (unpaired) electrons. The average Bonchev–Trinajstić information content (AvgIpc) is 2.97. The molecule has 0 aromatic carbocycles. The van der Waals surface area contributed by atoms with Crippen LogP contribution in [0, 0.1) is 0 Å². The highest BCUT2D eigenvalue weighted by molar-refractivity contribution is 5.77. The second kappa shape index (κ2) is 4.78. The summed E-state index contributed by atoms with van der Waals surface area (Å²) in [7, 11) is 1.44. The van der Waals surface area contributed by atoms with Gasteiger partial charge in [-0.25, -0.2) is 9.37 Å². The summed E-state index contributed by atoms with van der Waals surface area (Å²) < 4.78 is 26.8. The van der Waals surface area contributed by atoms with E-state index in [1.54, 1.807) is 0 Å². The van der Waals surface area contributed by atoms with Crippen molar-refractivity contribution in [2.24, 2.45) is 0 Å². The van der Waals surface area contributed by atoms with Crippen LogP contribution in [0.15, 0.2) is 6.33 Å². The van der Waals surface area contributed by atoms with Crippen LogP contribution < -0.4 is 10.5 Å². The third-order valence-corrected chi connectivity index (χ3v) is 3.52. The fraction of sp³-hybridized carbons (Fsp3) is 0.583. The molecule has 1 fully saturated rings. The number of nitrogens with two attached hydrogens (primary N) is 1. The number of nitrogen functional groups attached to an aromatic ring is 1. The lowest BCUT2D eigenvalue weighted by molar-refractivity contribution is -0.0565. The van der Waals surface area contributed by atoms with Gasteiger partial charge in [0.05, 0.1) is 26.1 Å². The van der Waals surface area contributed by atoms with Crippen molar-refractivity contribution in [1.82, 2.24) is 19.5 Å². The summed E-state index contributed by atoms with van der Waals surface area (Å²) >= 11 is 0. The van der Waals surface area contributed by atoms with Gasteiger partial charge in [0, 0.05) is 6.42 Å². The van der Waals surface area contributed by atoms with Crippen LogP contribution in [0.4, 0.5) is 10.3 Å². The fourth-order valence-corrected chi connectivity index (χ4v) is 2.60. The van der Waals surface area contributed by atoms with E-state index in [1.807, 2.05) is 0 Å². The molecule has 3 N–H and O–H groups in total. The lowest BCUT2D eigenvalue weighted by Gasteiger charge is -2.22. The van der Waals surface area contributed by atoms with Crippen molar-refractivity contribution in [1.29, 1.82) is 0 Å². The van der Waals surface area contributed by atoms with Crippen molar-refractivity contribution in [2.45, 2.75) is 31.3 Å². The smallest absolute Gasteiger partial charge is 0.246 e. The van der Waals surface area contributed by atoms with Gasteiger partial charge in [-0.2, -0.15) is 9.97 Å². The minimum Gasteiger partial charge on any atom is -0.479 e. The lowest BCUT2D eigenvalue weighted by atomic mass is 10.0. The molecule has 9 heteroatoms. The molecule has 3 unspecified atom stereocenters. The number of aliphatic hydroxyl groups is 1. The number of anilines is 1. The number of aliphatic hydroxyl groups excluding tert-OH is 1. The molecule has 114 valence electrons. The van der Waals surface area contributed by atoms with Gasteiger partial charge in [-0.15, -0.1) is 0 Å². The van der Waals surface area contributed by atoms with Gasteiger partial charge in [0.15, 0.2) is 23.1 Å². The number of alkyl halides is 1. The van der Waals surface area contributed by atoms with Crippen LogP contribution in [0.2, 0.25) is 0 Å². The highest BCUT2D eigenvalue weighted by Crippen LogP contribution is 2.42. The van der Waals surface area contributed by atoms with E-state index in [0.29, 0.717) is 11.2 Å². The Morgan fingerprint density at radius 3 is 3.00 bits per heavy atom. The van der Waals surface area contributed by atoms with Crippen LogP contribution in [0.5, 0.6) is 5.88 Å². The average molecular weight is 297 g/mol. The molecule has 0 amide bonds. The Morgan fingerprint density at radius 1 is 1.62 bits per heavy atom. The normalized spacial score (nSPS) is 29.1. The van der Waals surface area contributed by atoms with Crippen LogP contribution in [0.25, 0.3) is 11.2 Å². The Morgan fingerprint density at radius 2 is 2.38 bits per heavy atom. The first-order valence-electron chi connectivity index (χ1n) is 6.45. The Balaban J connectivity index is 2.11. The van der Waals surface area contributed by atoms with E-state index in [1.165, 1.54) is 24.9 Å². The van der Waals surface area contributed by atoms with Gasteiger partial charge < -0.3 is 20.3 Å². The maximum absolute atomic E-state index is 14.7. The number of nitrogens with zero attached hydrogens (tertiary/aromatic N) is 4. The molecule has 1 aliphatic heterocycles. The second-order valence-corrected chi connectivity index (χ2v) is 5.19. The number of hydrogen-bond donors (Lipinski definition) is 2. The molecule has 0 bridgehead atoms. The van der Waals surface area contributed by atoms with Gasteiger partial charge in [0.25, 0.3) is 0 Å². The summed E-state index contributed by atoms with van der Waals surface area (Å²) in [5.74, 6) is 0.215. The highest BCUT2D eigenvalue weighted by Gasteiger charge is 2.47.